The molecule has 0 bridgehead atoms. The SMILES string of the molecule is Cc1nc(C2CCC(C)(C)CC2)ccc1NC1CCC(CN)CC1. The Morgan fingerprint density at radius 1 is 1.08 bits per heavy atom. The average molecular weight is 330 g/mol. The third-order valence-electron chi connectivity index (χ3n) is 6.40. The van der Waals surface area contributed by atoms with E-state index in [1.165, 1.54) is 68.4 Å². The molecule has 0 spiro atoms. The molecule has 3 N–H and O–H groups in total. The van der Waals surface area contributed by atoms with Crippen molar-refractivity contribution in [3.8, 4) is 0 Å². The maximum absolute atomic E-state index is 5.80. The summed E-state index contributed by atoms with van der Waals surface area (Å²) in [6.07, 6.45) is 10.2. The van der Waals surface area contributed by atoms with Crippen molar-refractivity contribution >= 4 is 5.69 Å². The quantitative estimate of drug-likeness (QED) is 0.817. The normalized spacial score (nSPS) is 27.8. The molecule has 1 aromatic rings. The smallest absolute Gasteiger partial charge is 0.0607 e. The first-order chi connectivity index (χ1) is 11.5. The number of hydrogen-bond acceptors (Lipinski definition) is 3. The predicted octanol–water partition coefficient (Wildman–Crippen LogP) is 5.00. The Bertz CT molecular complexity index is 534. The fraction of sp³-hybridized carbons (Fsp3) is 0.762. The van der Waals surface area contributed by atoms with Gasteiger partial charge in [0.2, 0.25) is 0 Å². The molecule has 2 aliphatic carbocycles. The molecular formula is C21H35N3. The number of anilines is 1. The molecular weight excluding hydrogens is 294 g/mol. The van der Waals surface area contributed by atoms with Crippen molar-refractivity contribution in [3.05, 3.63) is 23.5 Å². The lowest BCUT2D eigenvalue weighted by Crippen LogP contribution is -2.29. The molecule has 0 aliphatic heterocycles. The van der Waals surface area contributed by atoms with Gasteiger partial charge >= 0.3 is 0 Å². The molecule has 1 aromatic heterocycles. The van der Waals surface area contributed by atoms with Crippen LogP contribution in [0.15, 0.2) is 12.1 Å². The first kappa shape index (κ1) is 17.7. The van der Waals surface area contributed by atoms with Gasteiger partial charge in [0.15, 0.2) is 0 Å². The maximum atomic E-state index is 5.80. The number of pyridine rings is 1. The van der Waals surface area contributed by atoms with Gasteiger partial charge in [-0.2, -0.15) is 0 Å². The number of nitrogens with two attached hydrogens (primary N) is 1. The van der Waals surface area contributed by atoms with E-state index in [1.807, 2.05) is 0 Å². The predicted molar refractivity (Wildman–Crippen MR) is 102 cm³/mol. The van der Waals surface area contributed by atoms with Gasteiger partial charge < -0.3 is 11.1 Å². The Labute approximate surface area is 147 Å². The molecule has 3 nitrogen and oxygen atoms in total. The molecule has 3 rings (SSSR count). The lowest BCUT2D eigenvalue weighted by molar-refractivity contribution is 0.222. The highest BCUT2D eigenvalue weighted by molar-refractivity contribution is 5.49. The van der Waals surface area contributed by atoms with Crippen LogP contribution in [-0.2, 0) is 0 Å². The molecule has 2 saturated carbocycles. The van der Waals surface area contributed by atoms with Gasteiger partial charge in [-0.3, -0.25) is 4.98 Å². The summed E-state index contributed by atoms with van der Waals surface area (Å²) in [5.74, 6) is 1.39. The van der Waals surface area contributed by atoms with Crippen LogP contribution in [0, 0.1) is 18.3 Å². The molecule has 2 fully saturated rings. The van der Waals surface area contributed by atoms with Gasteiger partial charge in [-0.15, -0.1) is 0 Å². The second-order valence-electron chi connectivity index (χ2n) is 8.91. The van der Waals surface area contributed by atoms with E-state index in [-0.39, 0.29) is 0 Å². The summed E-state index contributed by atoms with van der Waals surface area (Å²) in [7, 11) is 0. The zero-order valence-corrected chi connectivity index (χ0v) is 15.8. The Balaban J connectivity index is 1.59. The number of nitrogens with zero attached hydrogens (tertiary/aromatic N) is 1. The summed E-state index contributed by atoms with van der Waals surface area (Å²) in [6.45, 7) is 7.80. The zero-order valence-electron chi connectivity index (χ0n) is 15.8. The van der Waals surface area contributed by atoms with E-state index < -0.39 is 0 Å². The maximum Gasteiger partial charge on any atom is 0.0607 e. The van der Waals surface area contributed by atoms with Crippen LogP contribution in [0.5, 0.6) is 0 Å². The number of nitrogens with one attached hydrogen (secondary N) is 1. The lowest BCUT2D eigenvalue weighted by atomic mass is 9.72. The summed E-state index contributed by atoms with van der Waals surface area (Å²) in [4.78, 5) is 4.96. The van der Waals surface area contributed by atoms with Gasteiger partial charge in [-0.1, -0.05) is 13.8 Å². The second-order valence-corrected chi connectivity index (χ2v) is 8.91. The zero-order chi connectivity index (χ0) is 17.2. The first-order valence-electron chi connectivity index (χ1n) is 9.91. The van der Waals surface area contributed by atoms with Crippen molar-refractivity contribution in [2.75, 3.05) is 11.9 Å². The van der Waals surface area contributed by atoms with E-state index in [0.29, 0.717) is 17.4 Å². The molecule has 0 atom stereocenters. The lowest BCUT2D eigenvalue weighted by Gasteiger charge is -2.34. The molecule has 24 heavy (non-hydrogen) atoms. The fourth-order valence-corrected chi connectivity index (χ4v) is 4.42. The van der Waals surface area contributed by atoms with Crippen LogP contribution in [0.4, 0.5) is 5.69 Å². The Morgan fingerprint density at radius 2 is 1.75 bits per heavy atom. The van der Waals surface area contributed by atoms with E-state index in [1.54, 1.807) is 0 Å². The van der Waals surface area contributed by atoms with Gasteiger partial charge in [-0.05, 0) is 88.3 Å². The fourth-order valence-electron chi connectivity index (χ4n) is 4.42. The molecule has 0 radical (unpaired) electrons. The van der Waals surface area contributed by atoms with Crippen LogP contribution in [0.25, 0.3) is 0 Å². The first-order valence-corrected chi connectivity index (χ1v) is 9.91. The third-order valence-corrected chi connectivity index (χ3v) is 6.40. The number of aromatic nitrogens is 1. The van der Waals surface area contributed by atoms with Gasteiger partial charge in [0, 0.05) is 17.7 Å². The largest absolute Gasteiger partial charge is 0.381 e. The highest BCUT2D eigenvalue weighted by atomic mass is 14.9. The number of hydrogen-bond donors (Lipinski definition) is 2. The summed E-state index contributed by atoms with van der Waals surface area (Å²) >= 11 is 0. The highest BCUT2D eigenvalue weighted by Gasteiger charge is 2.28. The van der Waals surface area contributed by atoms with Crippen molar-refractivity contribution in [2.45, 2.75) is 84.1 Å². The minimum absolute atomic E-state index is 0.523. The number of rotatable bonds is 4. The monoisotopic (exact) mass is 329 g/mol. The van der Waals surface area contributed by atoms with Crippen molar-refractivity contribution in [3.63, 3.8) is 0 Å². The van der Waals surface area contributed by atoms with E-state index in [0.717, 1.165) is 12.5 Å². The van der Waals surface area contributed by atoms with Gasteiger partial charge in [0.05, 0.1) is 11.4 Å². The van der Waals surface area contributed by atoms with Crippen molar-refractivity contribution in [2.24, 2.45) is 17.1 Å². The minimum Gasteiger partial charge on any atom is -0.381 e. The third kappa shape index (κ3) is 4.30. The summed E-state index contributed by atoms with van der Waals surface area (Å²) < 4.78 is 0. The van der Waals surface area contributed by atoms with Gasteiger partial charge in [0.25, 0.3) is 0 Å². The summed E-state index contributed by atoms with van der Waals surface area (Å²) in [5, 5.41) is 3.73. The Morgan fingerprint density at radius 3 is 2.33 bits per heavy atom. The van der Waals surface area contributed by atoms with Crippen LogP contribution >= 0.6 is 0 Å². The topological polar surface area (TPSA) is 50.9 Å². The molecule has 0 saturated heterocycles. The Hall–Kier alpha value is -1.09. The molecule has 1 heterocycles. The van der Waals surface area contributed by atoms with Crippen LogP contribution in [0.2, 0.25) is 0 Å². The van der Waals surface area contributed by atoms with Gasteiger partial charge in [0.1, 0.15) is 0 Å². The summed E-state index contributed by atoms with van der Waals surface area (Å²) in [5.41, 5.74) is 10.0. The van der Waals surface area contributed by atoms with E-state index in [9.17, 15) is 0 Å². The molecule has 0 aromatic carbocycles. The molecule has 134 valence electrons. The molecule has 2 aliphatic rings. The molecule has 3 heteroatoms. The van der Waals surface area contributed by atoms with E-state index >= 15 is 0 Å². The van der Waals surface area contributed by atoms with Crippen LogP contribution < -0.4 is 11.1 Å². The summed E-state index contributed by atoms with van der Waals surface area (Å²) in [6, 6.07) is 5.13. The highest BCUT2D eigenvalue weighted by Crippen LogP contribution is 2.42. The van der Waals surface area contributed by atoms with E-state index in [2.05, 4.69) is 38.2 Å². The second kappa shape index (κ2) is 7.43. The minimum atomic E-state index is 0.523. The standard InChI is InChI=1S/C21H35N3/c1-15-19(24-18-6-4-16(14-22)5-7-18)8-9-20(23-15)17-10-12-21(2,3)13-11-17/h8-9,16-18,24H,4-7,10-14,22H2,1-3H3. The van der Waals surface area contributed by atoms with Crippen LogP contribution in [-0.4, -0.2) is 17.6 Å². The van der Waals surface area contributed by atoms with E-state index in [4.69, 9.17) is 10.7 Å². The van der Waals surface area contributed by atoms with Crippen molar-refractivity contribution in [1.29, 1.82) is 0 Å². The molecule has 0 amide bonds. The van der Waals surface area contributed by atoms with Gasteiger partial charge in [-0.25, -0.2) is 0 Å². The number of aryl methyl sites for hydroxylation is 1. The van der Waals surface area contributed by atoms with Crippen LogP contribution in [0.1, 0.15) is 82.5 Å². The van der Waals surface area contributed by atoms with Crippen molar-refractivity contribution < 1.29 is 0 Å². The Kier molecular flexibility index (Phi) is 5.49. The van der Waals surface area contributed by atoms with Crippen molar-refractivity contribution in [1.82, 2.24) is 4.98 Å². The average Bonchev–Trinajstić information content (AvgIpc) is 2.57. The molecule has 0 unspecified atom stereocenters. The van der Waals surface area contributed by atoms with Crippen LogP contribution in [0.3, 0.4) is 0 Å².